The summed E-state index contributed by atoms with van der Waals surface area (Å²) in [7, 11) is 1.58. The molecular formula is C25H27FN4O3. The fraction of sp³-hybridized carbons (Fsp3) is 0.360. The summed E-state index contributed by atoms with van der Waals surface area (Å²) in [5.41, 5.74) is 4.43. The van der Waals surface area contributed by atoms with Gasteiger partial charge in [0, 0.05) is 49.0 Å². The summed E-state index contributed by atoms with van der Waals surface area (Å²) in [6.45, 7) is 2.91. The highest BCUT2D eigenvalue weighted by Gasteiger charge is 2.26. The zero-order valence-electron chi connectivity index (χ0n) is 18.6. The van der Waals surface area contributed by atoms with Crippen molar-refractivity contribution in [1.82, 2.24) is 19.8 Å². The molecule has 3 aromatic rings. The first-order valence-corrected chi connectivity index (χ1v) is 11.2. The van der Waals surface area contributed by atoms with E-state index in [0.717, 1.165) is 35.3 Å². The molecule has 0 aliphatic carbocycles. The van der Waals surface area contributed by atoms with Crippen LogP contribution in [0.3, 0.4) is 0 Å². The largest absolute Gasteiger partial charge is 0.496 e. The number of nitrogens with one attached hydrogen (secondary N) is 1. The number of rotatable bonds is 5. The molecule has 0 bridgehead atoms. The second kappa shape index (κ2) is 8.96. The second-order valence-electron chi connectivity index (χ2n) is 8.65. The van der Waals surface area contributed by atoms with E-state index in [1.807, 2.05) is 6.07 Å². The molecule has 172 valence electrons. The van der Waals surface area contributed by atoms with Gasteiger partial charge in [0.1, 0.15) is 17.2 Å². The van der Waals surface area contributed by atoms with Crippen LogP contribution < -0.4 is 4.74 Å². The second-order valence-corrected chi connectivity index (χ2v) is 8.65. The molecule has 7 nitrogen and oxygen atoms in total. The molecule has 1 atom stereocenters. The Morgan fingerprint density at radius 1 is 1.27 bits per heavy atom. The fourth-order valence-corrected chi connectivity index (χ4v) is 4.68. The van der Waals surface area contributed by atoms with Gasteiger partial charge >= 0.3 is 0 Å². The fourth-order valence-electron chi connectivity index (χ4n) is 4.68. The van der Waals surface area contributed by atoms with Gasteiger partial charge in [-0.05, 0) is 54.3 Å². The van der Waals surface area contributed by atoms with E-state index < -0.39 is 6.10 Å². The standard InChI is InChI=1S/C25H27FN4O3/c1-33-23-3-2-17(26)12-20(23)19-4-8-27-25-21(19)13-22(28-25)16-5-9-29(10-6-16)15-24(32)30-11-7-18(31)14-30/h2-5,8,12-13,18,31H,6-7,9-11,14-15H2,1H3,(H,27,28). The number of aliphatic hydroxyl groups is 1. The summed E-state index contributed by atoms with van der Waals surface area (Å²) in [6.07, 6.45) is 4.92. The highest BCUT2D eigenvalue weighted by Crippen LogP contribution is 2.36. The summed E-state index contributed by atoms with van der Waals surface area (Å²) < 4.78 is 19.4. The third kappa shape index (κ3) is 4.36. The van der Waals surface area contributed by atoms with Gasteiger partial charge in [-0.25, -0.2) is 9.37 Å². The summed E-state index contributed by atoms with van der Waals surface area (Å²) in [5, 5.41) is 10.6. The number of benzene rings is 1. The molecular weight excluding hydrogens is 423 g/mol. The lowest BCUT2D eigenvalue weighted by molar-refractivity contribution is -0.131. The van der Waals surface area contributed by atoms with Crippen LogP contribution in [0, 0.1) is 5.82 Å². The first-order valence-electron chi connectivity index (χ1n) is 11.2. The Morgan fingerprint density at radius 2 is 2.15 bits per heavy atom. The molecule has 4 heterocycles. The monoisotopic (exact) mass is 450 g/mol. The zero-order chi connectivity index (χ0) is 22.9. The molecule has 0 saturated carbocycles. The Bertz CT molecular complexity index is 1220. The lowest BCUT2D eigenvalue weighted by atomic mass is 10.0. The van der Waals surface area contributed by atoms with Gasteiger partial charge in [-0.3, -0.25) is 9.69 Å². The Balaban J connectivity index is 1.36. The Kier molecular flexibility index (Phi) is 5.86. The molecule has 1 aromatic carbocycles. The number of β-amino-alcohol motifs (C(OH)–C–C–N with tert-alkyl or cyclic N) is 1. The van der Waals surface area contributed by atoms with Crippen LogP contribution in [0.4, 0.5) is 4.39 Å². The van der Waals surface area contributed by atoms with Crippen molar-refractivity contribution < 1.29 is 19.0 Å². The third-order valence-electron chi connectivity index (χ3n) is 6.50. The van der Waals surface area contributed by atoms with Crippen molar-refractivity contribution in [3.8, 4) is 16.9 Å². The van der Waals surface area contributed by atoms with E-state index in [9.17, 15) is 14.3 Å². The summed E-state index contributed by atoms with van der Waals surface area (Å²) in [4.78, 5) is 24.2. The topological polar surface area (TPSA) is 81.7 Å². The minimum atomic E-state index is -0.394. The number of carbonyl (C=O) groups excluding carboxylic acids is 1. The van der Waals surface area contributed by atoms with Gasteiger partial charge in [-0.1, -0.05) is 6.08 Å². The molecule has 1 saturated heterocycles. The van der Waals surface area contributed by atoms with Crippen LogP contribution >= 0.6 is 0 Å². The number of likely N-dealkylation sites (tertiary alicyclic amines) is 1. The molecule has 2 aliphatic rings. The molecule has 33 heavy (non-hydrogen) atoms. The van der Waals surface area contributed by atoms with E-state index in [4.69, 9.17) is 4.74 Å². The van der Waals surface area contributed by atoms with E-state index in [0.29, 0.717) is 43.9 Å². The average Bonchev–Trinajstić information content (AvgIpc) is 3.46. The molecule has 0 radical (unpaired) electrons. The maximum Gasteiger partial charge on any atom is 0.236 e. The summed E-state index contributed by atoms with van der Waals surface area (Å²) in [5.74, 6) is 0.362. The molecule has 5 rings (SSSR count). The molecule has 2 aliphatic heterocycles. The number of pyridine rings is 1. The van der Waals surface area contributed by atoms with Crippen LogP contribution in [0.1, 0.15) is 18.5 Å². The van der Waals surface area contributed by atoms with Crippen molar-refractivity contribution in [2.75, 3.05) is 39.8 Å². The molecule has 0 spiro atoms. The number of halogens is 1. The number of H-pyrrole nitrogens is 1. The predicted molar refractivity (Wildman–Crippen MR) is 124 cm³/mol. The number of aromatic nitrogens is 2. The van der Waals surface area contributed by atoms with Crippen molar-refractivity contribution in [3.05, 3.63) is 54.1 Å². The van der Waals surface area contributed by atoms with E-state index in [-0.39, 0.29) is 11.7 Å². The van der Waals surface area contributed by atoms with Gasteiger partial charge in [0.15, 0.2) is 0 Å². The third-order valence-corrected chi connectivity index (χ3v) is 6.50. The van der Waals surface area contributed by atoms with Crippen molar-refractivity contribution in [2.24, 2.45) is 0 Å². The van der Waals surface area contributed by atoms with Crippen molar-refractivity contribution in [1.29, 1.82) is 0 Å². The molecule has 1 unspecified atom stereocenters. The minimum Gasteiger partial charge on any atom is -0.496 e. The van der Waals surface area contributed by atoms with Gasteiger partial charge in [0.2, 0.25) is 5.91 Å². The highest BCUT2D eigenvalue weighted by molar-refractivity contribution is 5.96. The van der Waals surface area contributed by atoms with E-state index >= 15 is 0 Å². The summed E-state index contributed by atoms with van der Waals surface area (Å²) >= 11 is 0. The number of aromatic amines is 1. The number of hydrogen-bond acceptors (Lipinski definition) is 5. The molecule has 8 heteroatoms. The lowest BCUT2D eigenvalue weighted by Gasteiger charge is -2.27. The maximum absolute atomic E-state index is 14.0. The maximum atomic E-state index is 14.0. The number of hydrogen-bond donors (Lipinski definition) is 2. The number of nitrogens with zero attached hydrogens (tertiary/aromatic N) is 3. The van der Waals surface area contributed by atoms with Crippen LogP contribution in [0.2, 0.25) is 0 Å². The van der Waals surface area contributed by atoms with Crippen LogP contribution in [0.25, 0.3) is 27.7 Å². The smallest absolute Gasteiger partial charge is 0.236 e. The molecule has 1 amide bonds. The number of methoxy groups -OCH3 is 1. The van der Waals surface area contributed by atoms with Gasteiger partial charge in [-0.2, -0.15) is 0 Å². The van der Waals surface area contributed by atoms with Crippen LogP contribution in [-0.4, -0.2) is 76.7 Å². The van der Waals surface area contributed by atoms with Crippen LogP contribution in [-0.2, 0) is 4.79 Å². The SMILES string of the molecule is COc1ccc(F)cc1-c1ccnc2[nH]c(C3=CCN(CC(=O)N4CCC(O)C4)CC3)cc12. The number of carbonyl (C=O) groups is 1. The number of aliphatic hydroxyl groups excluding tert-OH is 1. The van der Waals surface area contributed by atoms with E-state index in [1.54, 1.807) is 24.3 Å². The van der Waals surface area contributed by atoms with E-state index in [2.05, 4.69) is 27.0 Å². The Morgan fingerprint density at radius 3 is 2.88 bits per heavy atom. The Labute approximate surface area is 191 Å². The highest BCUT2D eigenvalue weighted by atomic mass is 19.1. The zero-order valence-corrected chi connectivity index (χ0v) is 18.6. The molecule has 2 aromatic heterocycles. The lowest BCUT2D eigenvalue weighted by Crippen LogP contribution is -2.41. The number of ether oxygens (including phenoxy) is 1. The Hall–Kier alpha value is -3.23. The quantitative estimate of drug-likeness (QED) is 0.625. The minimum absolute atomic E-state index is 0.0758. The molecule has 1 fully saturated rings. The summed E-state index contributed by atoms with van der Waals surface area (Å²) in [6, 6.07) is 8.43. The first-order chi connectivity index (χ1) is 16.0. The number of amides is 1. The van der Waals surface area contributed by atoms with Crippen molar-refractivity contribution in [3.63, 3.8) is 0 Å². The predicted octanol–water partition coefficient (Wildman–Crippen LogP) is 3.06. The van der Waals surface area contributed by atoms with E-state index in [1.165, 1.54) is 17.7 Å². The van der Waals surface area contributed by atoms with Gasteiger partial charge in [0.05, 0.1) is 19.8 Å². The van der Waals surface area contributed by atoms with Gasteiger partial charge in [0.25, 0.3) is 0 Å². The van der Waals surface area contributed by atoms with Gasteiger partial charge in [-0.15, -0.1) is 0 Å². The van der Waals surface area contributed by atoms with Gasteiger partial charge < -0.3 is 19.7 Å². The first kappa shape index (κ1) is 21.6. The average molecular weight is 451 g/mol. The molecule has 2 N–H and O–H groups in total. The van der Waals surface area contributed by atoms with Crippen molar-refractivity contribution >= 4 is 22.5 Å². The van der Waals surface area contributed by atoms with Crippen molar-refractivity contribution in [2.45, 2.75) is 18.9 Å². The van der Waals surface area contributed by atoms with Crippen LogP contribution in [0.5, 0.6) is 5.75 Å². The normalized spacial score (nSPS) is 19.2. The van der Waals surface area contributed by atoms with Crippen LogP contribution in [0.15, 0.2) is 42.6 Å². The number of fused-ring (bicyclic) bond motifs is 1.